The lowest BCUT2D eigenvalue weighted by Gasteiger charge is -2.28. The highest BCUT2D eigenvalue weighted by atomic mass is 35.5. The molecule has 0 radical (unpaired) electrons. The summed E-state index contributed by atoms with van der Waals surface area (Å²) in [4.78, 5) is 0. The van der Waals surface area contributed by atoms with Crippen LogP contribution in [0, 0.1) is 11.3 Å². The lowest BCUT2D eigenvalue weighted by atomic mass is 10.3. The van der Waals surface area contributed by atoms with Crippen LogP contribution in [0.5, 0.6) is 0 Å². The minimum absolute atomic E-state index is 0.396. The van der Waals surface area contributed by atoms with E-state index in [1.165, 1.54) is 0 Å². The predicted molar refractivity (Wildman–Crippen MR) is 50.4 cm³/mol. The maximum Gasteiger partial charge on any atom is 0.201 e. The van der Waals surface area contributed by atoms with Crippen molar-refractivity contribution in [3.05, 3.63) is 0 Å². The van der Waals surface area contributed by atoms with E-state index in [2.05, 4.69) is 9.39 Å². The Bertz CT molecular complexity index is 196. The first-order chi connectivity index (χ1) is 5.69. The molecule has 1 saturated heterocycles. The van der Waals surface area contributed by atoms with Gasteiger partial charge >= 0.3 is 0 Å². The van der Waals surface area contributed by atoms with Crippen LogP contribution in [0.15, 0.2) is 0 Å². The Labute approximate surface area is 79.9 Å². The molecule has 1 aliphatic rings. The largest absolute Gasteiger partial charge is 0.345 e. The van der Waals surface area contributed by atoms with E-state index in [0.717, 1.165) is 19.4 Å². The zero-order valence-electron chi connectivity index (χ0n) is 6.79. The van der Waals surface area contributed by atoms with E-state index in [-0.39, 0.29) is 0 Å². The molecule has 0 bridgehead atoms. The van der Waals surface area contributed by atoms with E-state index in [1.54, 1.807) is 0 Å². The molecule has 0 spiro atoms. The first-order valence-corrected chi connectivity index (χ1v) is 4.80. The molecule has 0 amide bonds. The normalized spacial score (nSPS) is 30.4. The zero-order chi connectivity index (χ0) is 9.03. The molecular weight excluding hydrogens is 195 g/mol. The average molecular weight is 207 g/mol. The highest BCUT2D eigenvalue weighted by Gasteiger charge is 2.37. The van der Waals surface area contributed by atoms with Crippen LogP contribution in [-0.2, 0) is 4.74 Å². The molecule has 1 fully saturated rings. The number of ether oxygens (including phenoxy) is 1. The third-order valence-electron chi connectivity index (χ3n) is 1.85. The standard InChI is InChI=1S/C7H12ClN2OP/c8-7(11-6-2-4-9)3-1-5-10(7)12/h1-3,5-6,12H2. The number of nitrogens with zero attached hydrogens (tertiary/aromatic N) is 2. The smallest absolute Gasteiger partial charge is 0.201 e. The summed E-state index contributed by atoms with van der Waals surface area (Å²) in [5, 5.41) is 7.62. The van der Waals surface area contributed by atoms with Crippen molar-refractivity contribution in [2.45, 2.75) is 24.4 Å². The van der Waals surface area contributed by atoms with Gasteiger partial charge in [-0.3, -0.25) is 0 Å². The van der Waals surface area contributed by atoms with E-state index >= 15 is 0 Å². The van der Waals surface area contributed by atoms with Gasteiger partial charge in [-0.25, -0.2) is 4.67 Å². The third-order valence-corrected chi connectivity index (χ3v) is 3.20. The SMILES string of the molecule is N#CCCOC1(Cl)CCCN1P. The molecule has 0 N–H and O–H groups in total. The van der Waals surface area contributed by atoms with Gasteiger partial charge in [0.25, 0.3) is 0 Å². The quantitative estimate of drug-likeness (QED) is 0.305. The second-order valence-corrected chi connectivity index (χ2v) is 3.96. The molecule has 3 nitrogen and oxygen atoms in total. The molecule has 0 aromatic rings. The number of hydrogen-bond donors (Lipinski definition) is 0. The number of alkyl halides is 1. The van der Waals surface area contributed by atoms with Crippen molar-refractivity contribution in [2.24, 2.45) is 0 Å². The Morgan fingerprint density at radius 1 is 1.75 bits per heavy atom. The van der Waals surface area contributed by atoms with Crippen molar-refractivity contribution >= 4 is 21.0 Å². The van der Waals surface area contributed by atoms with Crippen LogP contribution >= 0.6 is 21.0 Å². The molecule has 0 aliphatic carbocycles. The lowest BCUT2D eigenvalue weighted by molar-refractivity contribution is -0.0289. The van der Waals surface area contributed by atoms with Crippen LogP contribution in [0.3, 0.4) is 0 Å². The maximum absolute atomic E-state index is 8.30. The number of nitriles is 1. The van der Waals surface area contributed by atoms with Crippen molar-refractivity contribution < 1.29 is 4.74 Å². The Hall–Kier alpha value is 0.130. The zero-order valence-corrected chi connectivity index (χ0v) is 8.70. The minimum Gasteiger partial charge on any atom is -0.345 e. The van der Waals surface area contributed by atoms with Gasteiger partial charge in [-0.15, -0.1) is 0 Å². The van der Waals surface area contributed by atoms with Crippen LogP contribution in [0.1, 0.15) is 19.3 Å². The highest BCUT2D eigenvalue weighted by Crippen LogP contribution is 2.36. The molecule has 1 heterocycles. The summed E-state index contributed by atoms with van der Waals surface area (Å²) in [5.74, 6) is 0. The van der Waals surface area contributed by atoms with Gasteiger partial charge in [-0.1, -0.05) is 21.0 Å². The van der Waals surface area contributed by atoms with Crippen LogP contribution < -0.4 is 0 Å². The van der Waals surface area contributed by atoms with E-state index in [9.17, 15) is 0 Å². The highest BCUT2D eigenvalue weighted by molar-refractivity contribution is 7.13. The average Bonchev–Trinajstić information content (AvgIpc) is 2.34. The van der Waals surface area contributed by atoms with Crippen molar-refractivity contribution in [2.75, 3.05) is 13.2 Å². The van der Waals surface area contributed by atoms with Gasteiger partial charge in [-0.2, -0.15) is 5.26 Å². The molecule has 2 unspecified atom stereocenters. The Morgan fingerprint density at radius 2 is 2.50 bits per heavy atom. The van der Waals surface area contributed by atoms with E-state index in [1.807, 2.05) is 10.7 Å². The van der Waals surface area contributed by atoms with Crippen LogP contribution in [0.25, 0.3) is 0 Å². The number of hydrogen-bond acceptors (Lipinski definition) is 3. The van der Waals surface area contributed by atoms with Gasteiger partial charge in [0.2, 0.25) is 5.18 Å². The number of halogens is 1. The lowest BCUT2D eigenvalue weighted by Crippen LogP contribution is -2.34. The van der Waals surface area contributed by atoms with Gasteiger partial charge in [0.1, 0.15) is 0 Å². The summed E-state index contributed by atoms with van der Waals surface area (Å²) >= 11 is 6.13. The fraction of sp³-hybridized carbons (Fsp3) is 0.857. The molecule has 2 atom stereocenters. The fourth-order valence-corrected chi connectivity index (χ4v) is 1.87. The molecule has 1 rings (SSSR count). The van der Waals surface area contributed by atoms with Gasteiger partial charge in [0.05, 0.1) is 19.1 Å². The van der Waals surface area contributed by atoms with Gasteiger partial charge in [0, 0.05) is 13.0 Å². The second kappa shape index (κ2) is 4.39. The van der Waals surface area contributed by atoms with Crippen molar-refractivity contribution in [1.82, 2.24) is 4.67 Å². The number of rotatable bonds is 3. The van der Waals surface area contributed by atoms with E-state index < -0.39 is 5.18 Å². The third kappa shape index (κ3) is 2.31. The van der Waals surface area contributed by atoms with Crippen molar-refractivity contribution in [1.29, 1.82) is 5.26 Å². The summed E-state index contributed by atoms with van der Waals surface area (Å²) < 4.78 is 7.29. The molecule has 0 aromatic heterocycles. The Morgan fingerprint density at radius 3 is 3.00 bits per heavy atom. The second-order valence-electron chi connectivity index (χ2n) is 2.74. The molecular formula is C7H12ClN2OP. The van der Waals surface area contributed by atoms with Crippen LogP contribution in [-0.4, -0.2) is 23.0 Å². The van der Waals surface area contributed by atoms with Crippen molar-refractivity contribution in [3.63, 3.8) is 0 Å². The van der Waals surface area contributed by atoms with Gasteiger partial charge < -0.3 is 4.74 Å². The summed E-state index contributed by atoms with van der Waals surface area (Å²) in [5.41, 5.74) is 0. The predicted octanol–water partition coefficient (Wildman–Crippen LogP) is 1.70. The molecule has 68 valence electrons. The van der Waals surface area contributed by atoms with Crippen LogP contribution in [0.2, 0.25) is 0 Å². The van der Waals surface area contributed by atoms with E-state index in [0.29, 0.717) is 13.0 Å². The van der Waals surface area contributed by atoms with Gasteiger partial charge in [0.15, 0.2) is 0 Å². The summed E-state index contributed by atoms with van der Waals surface area (Å²) in [6.07, 6.45) is 2.26. The molecule has 12 heavy (non-hydrogen) atoms. The summed E-state index contributed by atoms with van der Waals surface area (Å²) in [6.45, 7) is 1.34. The monoisotopic (exact) mass is 206 g/mol. The van der Waals surface area contributed by atoms with Gasteiger partial charge in [-0.05, 0) is 6.42 Å². The molecule has 1 aliphatic heterocycles. The summed E-state index contributed by atoms with van der Waals surface area (Å²) in [7, 11) is 2.55. The first-order valence-electron chi connectivity index (χ1n) is 3.91. The maximum atomic E-state index is 8.30. The fourth-order valence-electron chi connectivity index (χ4n) is 1.19. The van der Waals surface area contributed by atoms with E-state index in [4.69, 9.17) is 21.6 Å². The topological polar surface area (TPSA) is 36.3 Å². The van der Waals surface area contributed by atoms with Crippen molar-refractivity contribution in [3.8, 4) is 6.07 Å². The Kier molecular flexibility index (Phi) is 3.74. The molecule has 0 saturated carbocycles. The molecule has 5 heteroatoms. The molecule has 0 aromatic carbocycles. The summed E-state index contributed by atoms with van der Waals surface area (Å²) in [6, 6.07) is 2.01. The van der Waals surface area contributed by atoms with Crippen LogP contribution in [0.4, 0.5) is 0 Å². The Balaban J connectivity index is 2.33. The minimum atomic E-state index is -0.679. The first kappa shape index (κ1) is 10.2.